The van der Waals surface area contributed by atoms with Crippen molar-refractivity contribution in [1.82, 2.24) is 0 Å². The zero-order valence-corrected chi connectivity index (χ0v) is 6.86. The van der Waals surface area contributed by atoms with Gasteiger partial charge in [0.05, 0.1) is 0 Å². The third kappa shape index (κ3) is 5.15. The predicted octanol–water partition coefficient (Wildman–Crippen LogP) is 2.14. The van der Waals surface area contributed by atoms with Crippen LogP contribution >= 0.6 is 0 Å². The zero-order chi connectivity index (χ0) is 9.23. The van der Waals surface area contributed by atoms with Crippen molar-refractivity contribution in [2.75, 3.05) is 0 Å². The van der Waals surface area contributed by atoms with Crippen molar-refractivity contribution in [2.24, 2.45) is 0 Å². The first-order valence-corrected chi connectivity index (χ1v) is 3.52. The summed E-state index contributed by atoms with van der Waals surface area (Å²) in [4.78, 5) is 16.2. The molecule has 0 aliphatic heterocycles. The molecule has 0 N–H and O–H groups in total. The molecule has 0 atom stereocenters. The van der Waals surface area contributed by atoms with Crippen molar-refractivity contribution in [2.45, 2.75) is 6.92 Å². The number of hydrogen-bond acceptors (Lipinski definition) is 2. The van der Waals surface area contributed by atoms with Gasteiger partial charge in [-0.3, -0.25) is 0 Å². The van der Waals surface area contributed by atoms with Gasteiger partial charge in [-0.1, -0.05) is 42.5 Å². The molecule has 0 aliphatic carbocycles. The first-order valence-electron chi connectivity index (χ1n) is 3.52. The molecule has 0 radical (unpaired) electrons. The highest BCUT2D eigenvalue weighted by atomic mass is 16.2. The summed E-state index contributed by atoms with van der Waals surface area (Å²) in [5.41, 5.74) is 1.26. The molecule has 0 saturated heterocycles. The summed E-state index contributed by atoms with van der Waals surface area (Å²) >= 11 is 0. The lowest BCUT2D eigenvalue weighted by Gasteiger charge is -1.86. The lowest BCUT2D eigenvalue weighted by atomic mass is 10.2. The van der Waals surface area contributed by atoms with Gasteiger partial charge in [-0.15, -0.1) is 0 Å². The summed E-state index contributed by atoms with van der Waals surface area (Å²) in [6.07, 6.45) is 4.37. The molecule has 0 fully saturated rings. The van der Waals surface area contributed by atoms with Gasteiger partial charge in [-0.05, 0) is 12.5 Å². The minimum Gasteiger partial charge on any atom is -0.186 e. The van der Waals surface area contributed by atoms with Gasteiger partial charge in [0.1, 0.15) is 0 Å². The standard InChI is InChI=1S/C9H10.CO2/c1-2-6-9-7-4-3-5-8-9;2-1-3/h2-8H,1H3;. The van der Waals surface area contributed by atoms with Crippen LogP contribution in [0.2, 0.25) is 0 Å². The van der Waals surface area contributed by atoms with E-state index in [0.29, 0.717) is 0 Å². The Labute approximate surface area is 71.5 Å². The van der Waals surface area contributed by atoms with Gasteiger partial charge in [-0.25, -0.2) is 0 Å². The highest BCUT2D eigenvalue weighted by Gasteiger charge is 1.77. The summed E-state index contributed by atoms with van der Waals surface area (Å²) < 4.78 is 0. The molecule has 0 amide bonds. The fourth-order valence-corrected chi connectivity index (χ4v) is 0.757. The predicted molar refractivity (Wildman–Crippen MR) is 46.2 cm³/mol. The minimum atomic E-state index is 0.250. The van der Waals surface area contributed by atoms with Gasteiger partial charge < -0.3 is 0 Å². The summed E-state index contributed by atoms with van der Waals surface area (Å²) in [5.74, 6) is 0. The van der Waals surface area contributed by atoms with Crippen molar-refractivity contribution in [3.8, 4) is 0 Å². The number of carbonyl (C=O) groups excluding carboxylic acids is 2. The fraction of sp³-hybridized carbons (Fsp3) is 0.100. The Morgan fingerprint density at radius 2 is 1.67 bits per heavy atom. The largest absolute Gasteiger partial charge is 0.373 e. The van der Waals surface area contributed by atoms with Crippen LogP contribution < -0.4 is 0 Å². The first kappa shape index (κ1) is 10.3. The Bertz CT molecular complexity index is 256. The summed E-state index contributed by atoms with van der Waals surface area (Å²) in [7, 11) is 0. The molecule has 0 heterocycles. The van der Waals surface area contributed by atoms with E-state index in [4.69, 9.17) is 9.59 Å². The van der Waals surface area contributed by atoms with Gasteiger partial charge in [0.15, 0.2) is 0 Å². The second kappa shape index (κ2) is 7.45. The molecule has 0 saturated carbocycles. The number of rotatable bonds is 1. The lowest BCUT2D eigenvalue weighted by molar-refractivity contribution is -0.191. The van der Waals surface area contributed by atoms with Crippen molar-refractivity contribution in [1.29, 1.82) is 0 Å². The van der Waals surface area contributed by atoms with Crippen LogP contribution in [0.5, 0.6) is 0 Å². The van der Waals surface area contributed by atoms with E-state index in [1.165, 1.54) is 5.56 Å². The summed E-state index contributed by atoms with van der Waals surface area (Å²) in [6, 6.07) is 10.3. The molecule has 0 unspecified atom stereocenters. The highest BCUT2D eigenvalue weighted by molar-refractivity contribution is 5.47. The SMILES string of the molecule is CC=Cc1ccccc1.O=C=O. The van der Waals surface area contributed by atoms with E-state index >= 15 is 0 Å². The Hall–Kier alpha value is -1.66. The topological polar surface area (TPSA) is 34.1 Å². The second-order valence-corrected chi connectivity index (χ2v) is 1.99. The molecule has 0 aromatic heterocycles. The number of hydrogen-bond donors (Lipinski definition) is 0. The van der Waals surface area contributed by atoms with Crippen molar-refractivity contribution in [3.05, 3.63) is 42.0 Å². The monoisotopic (exact) mass is 162 g/mol. The molecular weight excluding hydrogens is 152 g/mol. The first-order chi connectivity index (χ1) is 5.85. The normalized spacial score (nSPS) is 8.42. The van der Waals surface area contributed by atoms with E-state index in [1.807, 2.05) is 31.2 Å². The van der Waals surface area contributed by atoms with E-state index in [1.54, 1.807) is 0 Å². The van der Waals surface area contributed by atoms with E-state index < -0.39 is 0 Å². The molecular formula is C10H10O2. The Balaban J connectivity index is 0.000000354. The maximum Gasteiger partial charge on any atom is 0.373 e. The van der Waals surface area contributed by atoms with Crippen LogP contribution in [0, 0.1) is 0 Å². The fourth-order valence-electron chi connectivity index (χ4n) is 0.757. The highest BCUT2D eigenvalue weighted by Crippen LogP contribution is 1.99. The molecule has 1 aromatic carbocycles. The van der Waals surface area contributed by atoms with Crippen LogP contribution in [0.4, 0.5) is 0 Å². The van der Waals surface area contributed by atoms with Crippen molar-refractivity contribution < 1.29 is 9.59 Å². The van der Waals surface area contributed by atoms with Crippen molar-refractivity contribution in [3.63, 3.8) is 0 Å². The number of allylic oxidation sites excluding steroid dienone is 1. The zero-order valence-electron chi connectivity index (χ0n) is 6.86. The third-order valence-corrected chi connectivity index (χ3v) is 1.16. The van der Waals surface area contributed by atoms with E-state index in [9.17, 15) is 0 Å². The Kier molecular flexibility index (Phi) is 6.42. The molecule has 1 aromatic rings. The number of benzene rings is 1. The van der Waals surface area contributed by atoms with Crippen LogP contribution in [0.1, 0.15) is 12.5 Å². The maximum absolute atomic E-state index is 8.12. The molecule has 0 spiro atoms. The Morgan fingerprint density at radius 1 is 1.17 bits per heavy atom. The average Bonchev–Trinajstić information content (AvgIpc) is 2.08. The maximum atomic E-state index is 8.12. The second-order valence-electron chi connectivity index (χ2n) is 1.99. The third-order valence-electron chi connectivity index (χ3n) is 1.16. The van der Waals surface area contributed by atoms with Gasteiger partial charge in [-0.2, -0.15) is 9.59 Å². The molecule has 62 valence electrons. The summed E-state index contributed by atoms with van der Waals surface area (Å²) in [6.45, 7) is 2.02. The smallest absolute Gasteiger partial charge is 0.186 e. The van der Waals surface area contributed by atoms with Crippen molar-refractivity contribution >= 4 is 12.2 Å². The quantitative estimate of drug-likeness (QED) is 0.634. The van der Waals surface area contributed by atoms with Gasteiger partial charge in [0.25, 0.3) is 0 Å². The van der Waals surface area contributed by atoms with E-state index in [0.717, 1.165) is 0 Å². The van der Waals surface area contributed by atoms with Crippen LogP contribution in [0.25, 0.3) is 6.08 Å². The van der Waals surface area contributed by atoms with Crippen LogP contribution in [0.15, 0.2) is 36.4 Å². The van der Waals surface area contributed by atoms with Gasteiger partial charge in [0.2, 0.25) is 0 Å². The molecule has 2 nitrogen and oxygen atoms in total. The average molecular weight is 162 g/mol. The van der Waals surface area contributed by atoms with Gasteiger partial charge >= 0.3 is 6.15 Å². The molecule has 0 bridgehead atoms. The lowest BCUT2D eigenvalue weighted by Crippen LogP contribution is -1.65. The molecule has 0 aliphatic rings. The Morgan fingerprint density at radius 3 is 2.08 bits per heavy atom. The van der Waals surface area contributed by atoms with Crippen LogP contribution in [-0.2, 0) is 9.59 Å². The van der Waals surface area contributed by atoms with E-state index in [-0.39, 0.29) is 6.15 Å². The minimum absolute atomic E-state index is 0.250. The molecule has 2 heteroatoms. The van der Waals surface area contributed by atoms with Crippen LogP contribution in [-0.4, -0.2) is 6.15 Å². The van der Waals surface area contributed by atoms with Gasteiger partial charge in [0, 0.05) is 0 Å². The molecule has 1 rings (SSSR count). The molecule has 12 heavy (non-hydrogen) atoms. The van der Waals surface area contributed by atoms with E-state index in [2.05, 4.69) is 18.2 Å². The summed E-state index contributed by atoms with van der Waals surface area (Å²) in [5, 5.41) is 0. The van der Waals surface area contributed by atoms with Crippen LogP contribution in [0.3, 0.4) is 0 Å².